The molecule has 21 heavy (non-hydrogen) atoms. The van der Waals surface area contributed by atoms with E-state index in [0.717, 1.165) is 19.2 Å². The second kappa shape index (κ2) is 6.32. The molecule has 0 saturated carbocycles. The summed E-state index contributed by atoms with van der Waals surface area (Å²) in [6, 6.07) is 3.23. The molecular weight excluding hydrogens is 379 g/mol. The molecule has 0 bridgehead atoms. The molecule has 0 atom stereocenters. The van der Waals surface area contributed by atoms with Crippen LogP contribution in [-0.2, 0) is 10.0 Å². The summed E-state index contributed by atoms with van der Waals surface area (Å²) in [7, 11) is -3.18. The van der Waals surface area contributed by atoms with Gasteiger partial charge in [0.2, 0.25) is 10.0 Å². The highest BCUT2D eigenvalue weighted by molar-refractivity contribution is 9.10. The molecule has 1 aromatic rings. The standard InChI is InChI=1S/C11H11BrF3NO4S/c1-16(5-4-11(13,14)15)21(19,20)7-2-3-9(12)8(6-7)10(17)18/h2-3,6H,4-5H2,1H3,(H,17,18). The van der Waals surface area contributed by atoms with Gasteiger partial charge in [-0.05, 0) is 34.1 Å². The summed E-state index contributed by atoms with van der Waals surface area (Å²) in [5.41, 5.74) is -0.291. The minimum absolute atomic E-state index is 0.173. The molecule has 0 aliphatic carbocycles. The lowest BCUT2D eigenvalue weighted by Gasteiger charge is -2.18. The van der Waals surface area contributed by atoms with Crippen LogP contribution in [-0.4, -0.2) is 43.6 Å². The van der Waals surface area contributed by atoms with Crippen LogP contribution in [0.5, 0.6) is 0 Å². The van der Waals surface area contributed by atoms with E-state index in [1.165, 1.54) is 6.07 Å². The Labute approximate surface area is 127 Å². The highest BCUT2D eigenvalue weighted by Crippen LogP contribution is 2.25. The monoisotopic (exact) mass is 389 g/mol. The second-order valence-corrected chi connectivity index (χ2v) is 7.04. The van der Waals surface area contributed by atoms with Gasteiger partial charge in [-0.2, -0.15) is 13.2 Å². The van der Waals surface area contributed by atoms with E-state index in [0.29, 0.717) is 4.31 Å². The van der Waals surface area contributed by atoms with Crippen LogP contribution in [0.15, 0.2) is 27.6 Å². The molecule has 0 fully saturated rings. The van der Waals surface area contributed by atoms with Gasteiger partial charge in [0.15, 0.2) is 0 Å². The van der Waals surface area contributed by atoms with Crippen molar-refractivity contribution in [1.82, 2.24) is 4.31 Å². The maximum atomic E-state index is 12.1. The van der Waals surface area contributed by atoms with E-state index in [-0.39, 0.29) is 14.9 Å². The van der Waals surface area contributed by atoms with Crippen molar-refractivity contribution in [2.75, 3.05) is 13.6 Å². The normalized spacial score (nSPS) is 12.7. The van der Waals surface area contributed by atoms with Crippen molar-refractivity contribution in [2.45, 2.75) is 17.5 Å². The zero-order valence-electron chi connectivity index (χ0n) is 10.7. The van der Waals surface area contributed by atoms with E-state index in [1.54, 1.807) is 0 Å². The van der Waals surface area contributed by atoms with Gasteiger partial charge in [0.25, 0.3) is 0 Å². The first-order chi connectivity index (χ1) is 9.45. The van der Waals surface area contributed by atoms with Crippen molar-refractivity contribution in [3.63, 3.8) is 0 Å². The first-order valence-electron chi connectivity index (χ1n) is 5.51. The quantitative estimate of drug-likeness (QED) is 0.839. The van der Waals surface area contributed by atoms with Gasteiger partial charge in [0.05, 0.1) is 16.9 Å². The van der Waals surface area contributed by atoms with E-state index in [9.17, 15) is 26.4 Å². The maximum Gasteiger partial charge on any atom is 0.390 e. The molecule has 10 heteroatoms. The zero-order chi connectivity index (χ0) is 16.4. The van der Waals surface area contributed by atoms with Crippen LogP contribution in [0, 0.1) is 0 Å². The molecule has 118 valence electrons. The van der Waals surface area contributed by atoms with E-state index >= 15 is 0 Å². The average Bonchev–Trinajstić information content (AvgIpc) is 2.34. The Balaban J connectivity index is 3.08. The molecule has 0 unspecified atom stereocenters. The lowest BCUT2D eigenvalue weighted by molar-refractivity contribution is -0.135. The summed E-state index contributed by atoms with van der Waals surface area (Å²) in [4.78, 5) is 10.6. The van der Waals surface area contributed by atoms with Crippen molar-refractivity contribution in [1.29, 1.82) is 0 Å². The fourth-order valence-electron chi connectivity index (χ4n) is 1.41. The van der Waals surface area contributed by atoms with E-state index in [1.807, 2.05) is 0 Å². The number of sulfonamides is 1. The molecule has 0 spiro atoms. The number of hydrogen-bond acceptors (Lipinski definition) is 3. The van der Waals surface area contributed by atoms with Crippen LogP contribution in [0.1, 0.15) is 16.8 Å². The Hall–Kier alpha value is -1.13. The third kappa shape index (κ3) is 4.68. The largest absolute Gasteiger partial charge is 0.478 e. The SMILES string of the molecule is CN(CCC(F)(F)F)S(=O)(=O)c1ccc(Br)c(C(=O)O)c1. The van der Waals surface area contributed by atoms with Crippen LogP contribution >= 0.6 is 15.9 Å². The Morgan fingerprint density at radius 2 is 1.95 bits per heavy atom. The number of nitrogens with zero attached hydrogens (tertiary/aromatic N) is 1. The Morgan fingerprint density at radius 3 is 2.43 bits per heavy atom. The lowest BCUT2D eigenvalue weighted by atomic mass is 10.2. The first-order valence-corrected chi connectivity index (χ1v) is 7.74. The van der Waals surface area contributed by atoms with Gasteiger partial charge in [-0.25, -0.2) is 17.5 Å². The molecule has 0 amide bonds. The zero-order valence-corrected chi connectivity index (χ0v) is 13.1. The Bertz CT molecular complexity index is 645. The fraction of sp³-hybridized carbons (Fsp3) is 0.364. The van der Waals surface area contributed by atoms with Crippen molar-refractivity contribution in [2.24, 2.45) is 0 Å². The Morgan fingerprint density at radius 1 is 1.38 bits per heavy atom. The first kappa shape index (κ1) is 17.9. The molecule has 1 rings (SSSR count). The number of rotatable bonds is 5. The smallest absolute Gasteiger partial charge is 0.390 e. The predicted molar refractivity (Wildman–Crippen MR) is 71.6 cm³/mol. The topological polar surface area (TPSA) is 74.7 Å². The predicted octanol–water partition coefficient (Wildman–Crippen LogP) is 2.72. The molecule has 1 aromatic carbocycles. The van der Waals surface area contributed by atoms with Gasteiger partial charge in [-0.15, -0.1) is 0 Å². The van der Waals surface area contributed by atoms with E-state index in [2.05, 4.69) is 15.9 Å². The van der Waals surface area contributed by atoms with Gasteiger partial charge < -0.3 is 5.11 Å². The van der Waals surface area contributed by atoms with Crippen molar-refractivity contribution >= 4 is 31.9 Å². The van der Waals surface area contributed by atoms with Gasteiger partial charge in [0.1, 0.15) is 0 Å². The molecule has 0 aliphatic rings. The number of aromatic carboxylic acids is 1. The summed E-state index contributed by atoms with van der Waals surface area (Å²) in [6.07, 6.45) is -5.76. The molecule has 0 aromatic heterocycles. The number of hydrogen-bond donors (Lipinski definition) is 1. The molecule has 5 nitrogen and oxygen atoms in total. The molecule has 0 radical (unpaired) electrons. The van der Waals surface area contributed by atoms with Crippen molar-refractivity contribution < 1.29 is 31.5 Å². The summed E-state index contributed by atoms with van der Waals surface area (Å²) in [5, 5.41) is 8.92. The third-order valence-corrected chi connectivity index (χ3v) is 5.13. The molecule has 0 saturated heterocycles. The number of benzene rings is 1. The van der Waals surface area contributed by atoms with Gasteiger partial charge in [-0.3, -0.25) is 0 Å². The fourth-order valence-corrected chi connectivity index (χ4v) is 3.03. The molecule has 0 heterocycles. The van der Waals surface area contributed by atoms with Crippen LogP contribution in [0.2, 0.25) is 0 Å². The third-order valence-electron chi connectivity index (χ3n) is 2.59. The second-order valence-electron chi connectivity index (χ2n) is 4.14. The van der Waals surface area contributed by atoms with Gasteiger partial charge in [-0.1, -0.05) is 0 Å². The van der Waals surface area contributed by atoms with Crippen molar-refractivity contribution in [3.05, 3.63) is 28.2 Å². The number of alkyl halides is 3. The number of carbonyl (C=O) groups is 1. The number of carboxylic acid groups (broad SMARTS) is 1. The van der Waals surface area contributed by atoms with Crippen LogP contribution in [0.3, 0.4) is 0 Å². The maximum absolute atomic E-state index is 12.1. The molecule has 0 aliphatic heterocycles. The summed E-state index contributed by atoms with van der Waals surface area (Å²) in [5.74, 6) is -1.35. The van der Waals surface area contributed by atoms with Crippen LogP contribution < -0.4 is 0 Å². The number of carboxylic acids is 1. The summed E-state index contributed by atoms with van der Waals surface area (Å²) < 4.78 is 61.3. The van der Waals surface area contributed by atoms with Crippen molar-refractivity contribution in [3.8, 4) is 0 Å². The molecular formula is C11H11BrF3NO4S. The highest BCUT2D eigenvalue weighted by atomic mass is 79.9. The van der Waals surface area contributed by atoms with E-state index in [4.69, 9.17) is 5.11 Å². The van der Waals surface area contributed by atoms with Gasteiger partial charge >= 0.3 is 12.1 Å². The number of halogens is 4. The average molecular weight is 390 g/mol. The lowest BCUT2D eigenvalue weighted by Crippen LogP contribution is -2.30. The van der Waals surface area contributed by atoms with Gasteiger partial charge in [0, 0.05) is 18.1 Å². The van der Waals surface area contributed by atoms with Crippen LogP contribution in [0.25, 0.3) is 0 Å². The van der Waals surface area contributed by atoms with Crippen LogP contribution in [0.4, 0.5) is 13.2 Å². The molecule has 1 N–H and O–H groups in total. The minimum atomic E-state index is -4.48. The van der Waals surface area contributed by atoms with E-state index < -0.39 is 35.1 Å². The summed E-state index contributed by atoms with van der Waals surface area (Å²) >= 11 is 2.95. The summed E-state index contributed by atoms with van der Waals surface area (Å²) in [6.45, 7) is -0.746. The highest BCUT2D eigenvalue weighted by Gasteiger charge is 2.30. The minimum Gasteiger partial charge on any atom is -0.478 e. The Kier molecular flexibility index (Phi) is 5.40.